The molecule has 2 atom stereocenters. The van der Waals surface area contributed by atoms with Crippen LogP contribution in [0, 0.1) is 0 Å². The van der Waals surface area contributed by atoms with Gasteiger partial charge >= 0.3 is 0 Å². The summed E-state index contributed by atoms with van der Waals surface area (Å²) in [7, 11) is -2.94. The average Bonchev–Trinajstić information content (AvgIpc) is 2.35. The number of rotatable bonds is 4. The number of aliphatic hydroxyl groups is 1. The Labute approximate surface area is 85.7 Å². The lowest BCUT2D eigenvalue weighted by Gasteiger charge is -2.10. The summed E-state index contributed by atoms with van der Waals surface area (Å²) in [4.78, 5) is 0. The van der Waals surface area contributed by atoms with Crippen LogP contribution in [0.1, 0.15) is 33.1 Å². The lowest BCUT2D eigenvalue weighted by molar-refractivity contribution is 0.158. The lowest BCUT2D eigenvalue weighted by atomic mass is 10.1. The highest BCUT2D eigenvalue weighted by molar-refractivity contribution is 7.92. The summed E-state index contributed by atoms with van der Waals surface area (Å²) in [5, 5.41) is 8.98. The Kier molecular flexibility index (Phi) is 3.72. The minimum Gasteiger partial charge on any atom is -0.393 e. The van der Waals surface area contributed by atoms with Gasteiger partial charge in [0, 0.05) is 0 Å². The second-order valence-corrected chi connectivity index (χ2v) is 6.22. The van der Waals surface area contributed by atoms with Crippen molar-refractivity contribution in [2.75, 3.05) is 5.75 Å². The van der Waals surface area contributed by atoms with Crippen molar-refractivity contribution in [2.45, 2.75) is 44.5 Å². The fraction of sp³-hybridized carbons (Fsp3) is 0.800. The summed E-state index contributed by atoms with van der Waals surface area (Å²) in [6, 6.07) is 0. The van der Waals surface area contributed by atoms with Gasteiger partial charge in [-0.05, 0) is 26.2 Å². The van der Waals surface area contributed by atoms with E-state index in [-0.39, 0.29) is 17.1 Å². The van der Waals surface area contributed by atoms with Crippen LogP contribution in [0.3, 0.4) is 0 Å². The maximum absolute atomic E-state index is 11.5. The van der Waals surface area contributed by atoms with Crippen molar-refractivity contribution in [3.63, 3.8) is 0 Å². The van der Waals surface area contributed by atoms with Crippen LogP contribution < -0.4 is 0 Å². The van der Waals surface area contributed by atoms with Gasteiger partial charge in [0.15, 0.2) is 9.84 Å². The molecule has 0 amide bonds. The van der Waals surface area contributed by atoms with E-state index in [0.717, 1.165) is 5.57 Å². The molecule has 1 rings (SSSR count). The molecule has 3 nitrogen and oxygen atoms in total. The van der Waals surface area contributed by atoms with E-state index in [2.05, 4.69) is 0 Å². The summed E-state index contributed by atoms with van der Waals surface area (Å²) < 4.78 is 23.1. The minimum atomic E-state index is -2.94. The van der Waals surface area contributed by atoms with Crippen LogP contribution in [0.25, 0.3) is 0 Å². The zero-order chi connectivity index (χ0) is 10.8. The molecule has 0 saturated heterocycles. The molecule has 1 aliphatic rings. The normalized spacial score (nSPS) is 27.4. The molecule has 1 aliphatic heterocycles. The van der Waals surface area contributed by atoms with Crippen LogP contribution in [0.5, 0.6) is 0 Å². The summed E-state index contributed by atoms with van der Waals surface area (Å²) in [6.07, 6.45) is 3.27. The van der Waals surface area contributed by atoms with E-state index >= 15 is 0 Å². The Bertz CT molecular complexity index is 316. The molecule has 0 aromatic rings. The van der Waals surface area contributed by atoms with Gasteiger partial charge in [-0.2, -0.15) is 0 Å². The smallest absolute Gasteiger partial charge is 0.160 e. The highest BCUT2D eigenvalue weighted by Gasteiger charge is 2.29. The second kappa shape index (κ2) is 4.45. The fourth-order valence-corrected chi connectivity index (χ4v) is 3.60. The molecule has 0 bridgehead atoms. The van der Waals surface area contributed by atoms with Crippen molar-refractivity contribution in [3.8, 4) is 0 Å². The molecule has 0 aliphatic carbocycles. The molecule has 0 aromatic carbocycles. The van der Waals surface area contributed by atoms with Crippen molar-refractivity contribution < 1.29 is 13.5 Å². The molecule has 4 heteroatoms. The largest absolute Gasteiger partial charge is 0.393 e. The van der Waals surface area contributed by atoms with Gasteiger partial charge < -0.3 is 5.11 Å². The molecule has 0 fully saturated rings. The van der Waals surface area contributed by atoms with Gasteiger partial charge in [-0.3, -0.25) is 0 Å². The van der Waals surface area contributed by atoms with Crippen molar-refractivity contribution in [2.24, 2.45) is 0 Å². The quantitative estimate of drug-likeness (QED) is 0.723. The first-order valence-electron chi connectivity index (χ1n) is 5.02. The molecule has 0 radical (unpaired) electrons. The molecule has 1 N–H and O–H groups in total. The Balaban J connectivity index is 2.53. The number of aliphatic hydroxyl groups excluding tert-OH is 1. The van der Waals surface area contributed by atoms with Crippen LogP contribution in [0.15, 0.2) is 11.6 Å². The molecular formula is C10H18O3S. The summed E-state index contributed by atoms with van der Waals surface area (Å²) >= 11 is 0. The van der Waals surface area contributed by atoms with Crippen molar-refractivity contribution >= 4 is 9.84 Å². The van der Waals surface area contributed by atoms with Crippen LogP contribution in [0.4, 0.5) is 0 Å². The van der Waals surface area contributed by atoms with Gasteiger partial charge in [0.25, 0.3) is 0 Å². The SMILES string of the molecule is CCC(O)CCC1C=C(C)CS1(=O)=O. The number of hydrogen-bond acceptors (Lipinski definition) is 3. The summed E-state index contributed by atoms with van der Waals surface area (Å²) in [5.41, 5.74) is 0.931. The summed E-state index contributed by atoms with van der Waals surface area (Å²) in [5.74, 6) is 0.194. The van der Waals surface area contributed by atoms with E-state index in [1.54, 1.807) is 0 Å². The van der Waals surface area contributed by atoms with Crippen LogP contribution in [0.2, 0.25) is 0 Å². The van der Waals surface area contributed by atoms with Gasteiger partial charge in [-0.25, -0.2) is 8.42 Å². The van der Waals surface area contributed by atoms with Gasteiger partial charge in [0.2, 0.25) is 0 Å². The van der Waals surface area contributed by atoms with Gasteiger partial charge in [0.1, 0.15) is 0 Å². The standard InChI is InChI=1S/C10H18O3S/c1-3-9(11)4-5-10-6-8(2)7-14(10,12)13/h6,9-11H,3-5,7H2,1-2H3. The number of sulfone groups is 1. The molecule has 0 aromatic heterocycles. The third-order valence-corrected chi connectivity index (χ3v) is 4.77. The number of hydrogen-bond donors (Lipinski definition) is 1. The molecule has 0 saturated carbocycles. The van der Waals surface area contributed by atoms with E-state index < -0.39 is 9.84 Å². The van der Waals surface area contributed by atoms with E-state index in [1.165, 1.54) is 0 Å². The first-order chi connectivity index (χ1) is 6.45. The molecule has 82 valence electrons. The van der Waals surface area contributed by atoms with Crippen LogP contribution >= 0.6 is 0 Å². The fourth-order valence-electron chi connectivity index (χ4n) is 1.72. The monoisotopic (exact) mass is 218 g/mol. The third-order valence-electron chi connectivity index (χ3n) is 2.62. The molecular weight excluding hydrogens is 200 g/mol. The van der Waals surface area contributed by atoms with E-state index in [4.69, 9.17) is 0 Å². The Hall–Kier alpha value is -0.350. The molecule has 1 heterocycles. The summed E-state index contributed by atoms with van der Waals surface area (Å²) in [6.45, 7) is 3.74. The first kappa shape index (κ1) is 11.7. The lowest BCUT2D eigenvalue weighted by Crippen LogP contribution is -2.18. The predicted octanol–water partition coefficient (Wildman–Crippen LogP) is 1.28. The average molecular weight is 218 g/mol. The topological polar surface area (TPSA) is 54.4 Å². The zero-order valence-corrected chi connectivity index (χ0v) is 9.55. The Morgan fingerprint density at radius 1 is 1.64 bits per heavy atom. The molecule has 0 spiro atoms. The van der Waals surface area contributed by atoms with Crippen molar-refractivity contribution in [3.05, 3.63) is 11.6 Å². The maximum atomic E-state index is 11.5. The van der Waals surface area contributed by atoms with Crippen LogP contribution in [-0.2, 0) is 9.84 Å². The minimum absolute atomic E-state index is 0.194. The third kappa shape index (κ3) is 2.82. The molecule has 14 heavy (non-hydrogen) atoms. The van der Waals surface area contributed by atoms with Crippen LogP contribution in [-0.4, -0.2) is 30.6 Å². The zero-order valence-electron chi connectivity index (χ0n) is 8.73. The Morgan fingerprint density at radius 3 is 2.71 bits per heavy atom. The maximum Gasteiger partial charge on any atom is 0.160 e. The van der Waals surface area contributed by atoms with Gasteiger partial charge in [0.05, 0.1) is 17.1 Å². The van der Waals surface area contributed by atoms with Crippen molar-refractivity contribution in [1.82, 2.24) is 0 Å². The Morgan fingerprint density at radius 2 is 2.29 bits per heavy atom. The predicted molar refractivity (Wildman–Crippen MR) is 56.9 cm³/mol. The first-order valence-corrected chi connectivity index (χ1v) is 6.74. The van der Waals surface area contributed by atoms with Gasteiger partial charge in [-0.15, -0.1) is 0 Å². The highest BCUT2D eigenvalue weighted by Crippen LogP contribution is 2.23. The van der Waals surface area contributed by atoms with E-state index in [0.29, 0.717) is 19.3 Å². The second-order valence-electron chi connectivity index (χ2n) is 4.00. The van der Waals surface area contributed by atoms with Gasteiger partial charge in [-0.1, -0.05) is 18.6 Å². The van der Waals surface area contributed by atoms with E-state index in [1.807, 2.05) is 19.9 Å². The molecule has 2 unspecified atom stereocenters. The van der Waals surface area contributed by atoms with Crippen molar-refractivity contribution in [1.29, 1.82) is 0 Å². The highest BCUT2D eigenvalue weighted by atomic mass is 32.2. The van der Waals surface area contributed by atoms with E-state index in [9.17, 15) is 13.5 Å².